The van der Waals surface area contributed by atoms with Crippen molar-refractivity contribution in [2.24, 2.45) is 11.7 Å². The second-order valence-corrected chi connectivity index (χ2v) is 34.5. The maximum Gasteiger partial charge on any atom is 0.270 e. The molecule has 16 unspecified atom stereocenters. The number of hydrogen-bond acceptors (Lipinski definition) is 30. The van der Waals surface area contributed by atoms with Crippen LogP contribution in [0.4, 0.5) is 5.69 Å². The van der Waals surface area contributed by atoms with E-state index in [9.17, 15) is 78.1 Å². The molecule has 127 heavy (non-hydrogen) atoms. The maximum atomic E-state index is 16.4. The number of halogens is 4. The molecule has 680 valence electrons. The van der Waals surface area contributed by atoms with E-state index < -0.39 is 288 Å². The number of anilines is 1. The standard InChI is InChI=1S/C82H90Cl4N12O28S/c1-33(2)15-49(88-5)74(110)96-64-66(104)37-8-11-53(47(85)18-37)122-55-20-39-21-56(70(55)126-81-71(69(107)68(106)57(32-99)124-81)125-59-28-82(4,72(108)34(3)121-59)90-30-35-16-40(31-89-29-35)73(109)91-43-23-41(83)22-42(84)24-43)123-54-12-9-38(19-48(54)86)67(105)65-79(115)95-63(80(116)98-120-13-6-14-127(117,118)119)46-25-44(100)26-52(102)60(46)45-17-36(7-10-51(45)101)61(76(112)97-65)94-77(113)62(39)93-75(111)50(27-58(87)103)92-78(64)114/h7-12,16-26,29,31,33-34,49-50,57,59,61-69,71-72,81,88,90,99-102,104-108H,6,13-15,27-28,30,32H2,1-5H3,(H2,87,103)(H,91,109)(H,92,114)(H,93,111)(H,94,113)(H,95,115)(H,96,110)(H,97,112)(H,98,116)(H,117,118,119)/t34?,49?,50?,57?,59?,61?,62?,63-,64?,65?,66?,67?,68?,69?,71?,72?,81?,82-/m1/s1. The average molecular weight is 1870 g/mol. The molecule has 22 N–H and O–H groups in total. The summed E-state index contributed by atoms with van der Waals surface area (Å²) >= 11 is 26.7. The van der Waals surface area contributed by atoms with Crippen molar-refractivity contribution < 1.29 is 135 Å². The topological polar surface area (TPSA) is 614 Å². The lowest BCUT2D eigenvalue weighted by molar-refractivity contribution is -0.334. The number of benzene rings is 6. The molecule has 45 heteroatoms. The molecule has 0 spiro atoms. The van der Waals surface area contributed by atoms with Gasteiger partial charge in [-0.2, -0.15) is 8.42 Å². The van der Waals surface area contributed by atoms with Gasteiger partial charge in [0.1, 0.15) is 95.5 Å². The Morgan fingerprint density at radius 2 is 1.35 bits per heavy atom. The molecule has 9 amide bonds. The number of phenols is 3. The van der Waals surface area contributed by atoms with Gasteiger partial charge in [0.15, 0.2) is 23.9 Å². The van der Waals surface area contributed by atoms with Crippen LogP contribution >= 0.6 is 46.4 Å². The summed E-state index contributed by atoms with van der Waals surface area (Å²) in [5.74, 6) is -17.7. The third-order valence-electron chi connectivity index (χ3n) is 21.4. The summed E-state index contributed by atoms with van der Waals surface area (Å²) in [7, 11) is -3.09. The Bertz CT molecular complexity index is 5500. The third-order valence-corrected chi connectivity index (χ3v) is 23.3. The molecule has 7 aliphatic heterocycles. The fraction of sp³-hybridized carbons (Fsp3) is 0.390. The Morgan fingerprint density at radius 1 is 0.709 bits per heavy atom. The summed E-state index contributed by atoms with van der Waals surface area (Å²) in [6, 6.07) is 4.64. The van der Waals surface area contributed by atoms with Crippen molar-refractivity contribution in [1.82, 2.24) is 53.0 Å². The van der Waals surface area contributed by atoms with Crippen molar-refractivity contribution in [3.8, 4) is 57.1 Å². The number of aromatic hydroxyl groups is 3. The van der Waals surface area contributed by atoms with Crippen molar-refractivity contribution in [1.29, 1.82) is 0 Å². The zero-order valence-electron chi connectivity index (χ0n) is 67.8. The van der Waals surface area contributed by atoms with Crippen LogP contribution in [0, 0.1) is 5.92 Å². The Morgan fingerprint density at radius 3 is 1.98 bits per heavy atom. The second kappa shape index (κ2) is 40.2. The molecule has 2 fully saturated rings. The predicted octanol–water partition coefficient (Wildman–Crippen LogP) is 3.13. The van der Waals surface area contributed by atoms with Gasteiger partial charge < -0.3 is 128 Å². The summed E-state index contributed by atoms with van der Waals surface area (Å²) in [4.78, 5) is 143. The zero-order chi connectivity index (χ0) is 92.1. The lowest BCUT2D eigenvalue weighted by atomic mass is 9.84. The number of aliphatic hydroxyl groups is 6. The van der Waals surface area contributed by atoms with Crippen LogP contribution in [0.3, 0.4) is 0 Å². The summed E-state index contributed by atoms with van der Waals surface area (Å²) in [5, 5.41) is 130. The van der Waals surface area contributed by atoms with Gasteiger partial charge in [-0.15, -0.1) is 0 Å². The SMILES string of the molecule is CNC(CC(C)C)C(=O)NC1C(=O)NC(CC(N)=O)C(=O)NC2C(=O)NC3C(=O)NC(C(=O)N[C@@H](C(=O)NOCCCS(=O)(=O)O)c4cc(O)cc(O)c4-c4cc3ccc4O)C(O)c3ccc(c(Cl)c3)Oc3cc2cc(c3OC2OC(CO)C(O)C(O)C2OC2C[C@@](C)(NCc3cncc(C(=O)Nc4cc(Cl)cc(Cl)c4)c3)C(O)C(C)O2)Oc2ccc(cc2Cl)C1O. The van der Waals surface area contributed by atoms with Crippen LogP contribution in [-0.2, 0) is 74.1 Å². The molecule has 0 aliphatic carbocycles. The number of nitrogens with one attached hydrogen (secondary N) is 10. The van der Waals surface area contributed by atoms with Gasteiger partial charge in [-0.1, -0.05) is 78.5 Å². The summed E-state index contributed by atoms with van der Waals surface area (Å²) in [6.07, 6.45) is -17.4. The number of ether oxygens (including phenoxy) is 6. The fourth-order valence-corrected chi connectivity index (χ4v) is 16.5. The van der Waals surface area contributed by atoms with E-state index in [0.717, 1.165) is 72.8 Å². The van der Waals surface area contributed by atoms with Gasteiger partial charge in [0.2, 0.25) is 53.4 Å². The van der Waals surface area contributed by atoms with Gasteiger partial charge in [0, 0.05) is 63.8 Å². The molecule has 7 aromatic rings. The van der Waals surface area contributed by atoms with Crippen molar-refractivity contribution >= 4 is 115 Å². The smallest absolute Gasteiger partial charge is 0.270 e. The molecule has 6 aromatic carbocycles. The second-order valence-electron chi connectivity index (χ2n) is 31.3. The molecule has 2 saturated heterocycles. The maximum absolute atomic E-state index is 16.4. The van der Waals surface area contributed by atoms with Crippen molar-refractivity contribution in [3.05, 3.63) is 175 Å². The summed E-state index contributed by atoms with van der Waals surface area (Å²) in [5.41, 5.74) is 4.12. The number of nitrogens with two attached hydrogens (primary N) is 1. The van der Waals surface area contributed by atoms with Gasteiger partial charge in [-0.3, -0.25) is 57.5 Å². The number of fused-ring (bicyclic) bond motifs is 15. The Balaban J connectivity index is 1.02. The summed E-state index contributed by atoms with van der Waals surface area (Å²) in [6.45, 7) is 5.01. The number of aromatic nitrogens is 1. The first kappa shape index (κ1) is 95.2. The fourth-order valence-electron chi connectivity index (χ4n) is 15.0. The molecule has 7 aliphatic rings. The Hall–Kier alpha value is -10.9. The highest BCUT2D eigenvalue weighted by Gasteiger charge is 2.52. The van der Waals surface area contributed by atoms with Gasteiger partial charge in [-0.25, -0.2) is 5.48 Å². The minimum absolute atomic E-state index is 0.0640. The molecule has 18 atom stereocenters. The van der Waals surface area contributed by atoms with Crippen LogP contribution in [0.2, 0.25) is 20.1 Å². The van der Waals surface area contributed by atoms with Crippen molar-refractivity contribution in [2.45, 2.75) is 169 Å². The average Bonchev–Trinajstić information content (AvgIpc) is 0.753. The lowest BCUT2D eigenvalue weighted by Gasteiger charge is -2.48. The van der Waals surface area contributed by atoms with E-state index in [1.54, 1.807) is 20.8 Å². The first-order chi connectivity index (χ1) is 60.1. The van der Waals surface area contributed by atoms with Crippen LogP contribution in [0.15, 0.2) is 116 Å². The molecule has 1 aromatic heterocycles. The van der Waals surface area contributed by atoms with Gasteiger partial charge >= 0.3 is 0 Å². The zero-order valence-corrected chi connectivity index (χ0v) is 71.6. The minimum atomic E-state index is -4.55. The lowest BCUT2D eigenvalue weighted by Crippen LogP contribution is -2.65. The Labute approximate surface area is 743 Å². The molecular formula is C82H90Cl4N12O28S. The van der Waals surface area contributed by atoms with Crippen molar-refractivity contribution in [2.75, 3.05) is 31.3 Å². The van der Waals surface area contributed by atoms with E-state index >= 15 is 24.0 Å². The molecule has 8 heterocycles. The highest BCUT2D eigenvalue weighted by atomic mass is 35.5. The number of hydroxylamine groups is 1. The Kier molecular flexibility index (Phi) is 30.1. The number of phenolic OH excluding ortho intramolecular Hbond substituents is 3. The van der Waals surface area contributed by atoms with Gasteiger partial charge in [-0.05, 0) is 152 Å². The molecular weight excluding hydrogens is 1770 g/mol. The van der Waals surface area contributed by atoms with E-state index in [0.29, 0.717) is 11.3 Å². The number of amides is 9. The number of nitrogens with zero attached hydrogens (tertiary/aromatic N) is 1. The number of rotatable bonds is 23. The predicted molar refractivity (Wildman–Crippen MR) is 448 cm³/mol. The molecule has 0 saturated carbocycles. The van der Waals surface area contributed by atoms with Gasteiger partial charge in [0.25, 0.3) is 21.9 Å². The van der Waals surface area contributed by atoms with Gasteiger partial charge in [0.05, 0.1) is 59.2 Å². The van der Waals surface area contributed by atoms with E-state index in [1.165, 1.54) is 56.7 Å². The van der Waals surface area contributed by atoms with Crippen LogP contribution in [0.25, 0.3) is 11.1 Å². The van der Waals surface area contributed by atoms with E-state index in [2.05, 4.69) is 52.8 Å². The van der Waals surface area contributed by atoms with Crippen LogP contribution in [0.1, 0.15) is 127 Å². The van der Waals surface area contributed by atoms with Crippen molar-refractivity contribution in [3.63, 3.8) is 0 Å². The number of likely N-dealkylation sites (N-methyl/N-ethyl adjacent to an activating group) is 1. The summed E-state index contributed by atoms with van der Waals surface area (Å²) < 4.78 is 71.9. The third kappa shape index (κ3) is 22.4. The number of pyridine rings is 1. The molecule has 0 radical (unpaired) electrons. The highest BCUT2D eigenvalue weighted by Crippen LogP contribution is 2.50. The van der Waals surface area contributed by atoms with Crippen LogP contribution < -0.4 is 73.3 Å². The van der Waals surface area contributed by atoms with E-state index in [1.807, 2.05) is 5.48 Å². The number of carbonyl (C=O) groups excluding carboxylic acids is 9. The van der Waals surface area contributed by atoms with Crippen LogP contribution in [-0.4, -0.2) is 222 Å². The van der Waals surface area contributed by atoms with E-state index in [-0.39, 0.29) is 52.0 Å². The molecule has 40 nitrogen and oxygen atoms in total. The molecule has 11 bridgehead atoms. The normalized spacial score (nSPS) is 25.9. The minimum Gasteiger partial charge on any atom is -0.508 e. The number of carbonyl (C=O) groups is 9. The first-order valence-electron chi connectivity index (χ1n) is 39.3. The first-order valence-corrected chi connectivity index (χ1v) is 42.5. The number of aliphatic hydroxyl groups excluding tert-OH is 6. The highest BCUT2D eigenvalue weighted by molar-refractivity contribution is 7.85. The quantitative estimate of drug-likeness (QED) is 0.0248. The van der Waals surface area contributed by atoms with E-state index in [4.69, 9.17) is 85.4 Å². The number of hydrogen-bond donors (Lipinski definition) is 21. The monoisotopic (exact) mass is 1860 g/mol. The number of primary amides is 1. The molecule has 14 rings (SSSR count). The van der Waals surface area contributed by atoms with Crippen LogP contribution in [0.5, 0.6) is 46.0 Å². The largest absolute Gasteiger partial charge is 0.508 e.